The van der Waals surface area contributed by atoms with Gasteiger partial charge >= 0.3 is 6.18 Å². The van der Waals surface area contributed by atoms with E-state index < -0.39 is 12.6 Å². The molecule has 0 heterocycles. The zero-order chi connectivity index (χ0) is 13.1. The van der Waals surface area contributed by atoms with E-state index in [-0.39, 0.29) is 12.5 Å². The van der Waals surface area contributed by atoms with Gasteiger partial charge in [-0.05, 0) is 43.7 Å². The normalized spacial score (nSPS) is 13.8. The number of aryl methyl sites for hydroxylation is 1. The number of hydrogen-bond acceptors (Lipinski definition) is 1. The molecule has 1 nitrogen and oxygen atoms in total. The van der Waals surface area contributed by atoms with Crippen molar-refractivity contribution in [3.05, 3.63) is 34.3 Å². The molecule has 1 N–H and O–H groups in total. The highest BCUT2D eigenvalue weighted by atomic mass is 35.5. The molecular weight excluding hydrogens is 251 g/mol. The first-order valence-corrected chi connectivity index (χ1v) is 5.71. The van der Waals surface area contributed by atoms with Gasteiger partial charge in [0.2, 0.25) is 0 Å². The Morgan fingerprint density at radius 3 is 2.53 bits per heavy atom. The van der Waals surface area contributed by atoms with Crippen LogP contribution in [-0.4, -0.2) is 13.2 Å². The molecule has 0 aliphatic rings. The zero-order valence-electron chi connectivity index (χ0n) is 9.74. The minimum atomic E-state index is -4.12. The molecule has 0 aliphatic carbocycles. The summed E-state index contributed by atoms with van der Waals surface area (Å²) >= 11 is 5.86. The fourth-order valence-electron chi connectivity index (χ4n) is 1.75. The highest BCUT2D eigenvalue weighted by molar-refractivity contribution is 6.30. The Balaban J connectivity index is 2.82. The molecule has 0 saturated carbocycles. The summed E-state index contributed by atoms with van der Waals surface area (Å²) < 4.78 is 36.6. The van der Waals surface area contributed by atoms with E-state index in [1.54, 1.807) is 19.2 Å². The van der Waals surface area contributed by atoms with Crippen LogP contribution < -0.4 is 5.32 Å². The van der Waals surface area contributed by atoms with Crippen molar-refractivity contribution < 1.29 is 13.2 Å². The minimum absolute atomic E-state index is 0.0151. The van der Waals surface area contributed by atoms with E-state index in [2.05, 4.69) is 5.32 Å². The maximum absolute atomic E-state index is 12.2. The van der Waals surface area contributed by atoms with Crippen LogP contribution in [0.25, 0.3) is 0 Å². The number of benzene rings is 1. The molecule has 0 saturated heterocycles. The van der Waals surface area contributed by atoms with Gasteiger partial charge < -0.3 is 5.32 Å². The lowest BCUT2D eigenvalue weighted by molar-refractivity contribution is -0.136. The monoisotopic (exact) mass is 265 g/mol. The number of alkyl halides is 3. The van der Waals surface area contributed by atoms with Crippen molar-refractivity contribution in [3.8, 4) is 0 Å². The lowest BCUT2D eigenvalue weighted by Gasteiger charge is -2.20. The summed E-state index contributed by atoms with van der Waals surface area (Å²) in [7, 11) is 1.65. The van der Waals surface area contributed by atoms with E-state index in [1.807, 2.05) is 13.0 Å². The van der Waals surface area contributed by atoms with E-state index in [0.717, 1.165) is 11.1 Å². The third-order valence-corrected chi connectivity index (χ3v) is 2.92. The quantitative estimate of drug-likeness (QED) is 0.858. The lowest BCUT2D eigenvalue weighted by atomic mass is 9.97. The summed E-state index contributed by atoms with van der Waals surface area (Å²) in [5.74, 6) is 0. The van der Waals surface area contributed by atoms with Gasteiger partial charge in [-0.25, -0.2) is 0 Å². The third-order valence-electron chi connectivity index (χ3n) is 2.68. The average molecular weight is 266 g/mol. The van der Waals surface area contributed by atoms with E-state index >= 15 is 0 Å². The van der Waals surface area contributed by atoms with Gasteiger partial charge in [0.05, 0.1) is 0 Å². The van der Waals surface area contributed by atoms with Crippen molar-refractivity contribution in [2.45, 2.75) is 32.0 Å². The van der Waals surface area contributed by atoms with Crippen molar-refractivity contribution >= 4 is 11.6 Å². The van der Waals surface area contributed by atoms with Gasteiger partial charge in [0, 0.05) is 17.5 Å². The molecule has 0 aromatic heterocycles. The Labute approximate surface area is 104 Å². The lowest BCUT2D eigenvalue weighted by Crippen LogP contribution is -2.20. The molecule has 5 heteroatoms. The van der Waals surface area contributed by atoms with Gasteiger partial charge in [-0.3, -0.25) is 0 Å². The van der Waals surface area contributed by atoms with Gasteiger partial charge in [-0.1, -0.05) is 17.7 Å². The predicted molar refractivity (Wildman–Crippen MR) is 63.3 cm³/mol. The molecule has 96 valence electrons. The third kappa shape index (κ3) is 4.56. The van der Waals surface area contributed by atoms with E-state index in [1.165, 1.54) is 0 Å². The van der Waals surface area contributed by atoms with Gasteiger partial charge in [0.1, 0.15) is 0 Å². The second-order valence-electron chi connectivity index (χ2n) is 4.00. The number of halogens is 4. The Bertz CT molecular complexity index is 377. The van der Waals surface area contributed by atoms with E-state index in [4.69, 9.17) is 11.6 Å². The molecule has 0 spiro atoms. The molecule has 0 aliphatic heterocycles. The molecule has 1 aromatic carbocycles. The number of hydrogen-bond donors (Lipinski definition) is 1. The first-order chi connectivity index (χ1) is 7.83. The molecular formula is C12H15ClF3N. The number of nitrogens with one attached hydrogen (secondary N) is 1. The van der Waals surface area contributed by atoms with Crippen molar-refractivity contribution in [1.82, 2.24) is 5.32 Å². The van der Waals surface area contributed by atoms with Gasteiger partial charge in [-0.2, -0.15) is 13.2 Å². The van der Waals surface area contributed by atoms with Crippen LogP contribution in [0.1, 0.15) is 30.0 Å². The predicted octanol–water partition coefficient (Wildman–Crippen LogP) is 4.25. The SMILES string of the molecule is CNC(CCC(F)(F)F)c1cc(Cl)ccc1C. The summed E-state index contributed by atoms with van der Waals surface area (Å²) in [6, 6.07) is 4.94. The molecule has 1 unspecified atom stereocenters. The Morgan fingerprint density at radius 1 is 1.35 bits per heavy atom. The molecule has 17 heavy (non-hydrogen) atoms. The maximum Gasteiger partial charge on any atom is 0.389 e. The molecule has 0 amide bonds. The summed E-state index contributed by atoms with van der Waals surface area (Å²) in [6.07, 6.45) is -4.91. The topological polar surface area (TPSA) is 12.0 Å². The van der Waals surface area contributed by atoms with E-state index in [0.29, 0.717) is 5.02 Å². The average Bonchev–Trinajstić information content (AvgIpc) is 2.22. The van der Waals surface area contributed by atoms with Crippen LogP contribution in [0.4, 0.5) is 13.2 Å². The Hall–Kier alpha value is -0.740. The van der Waals surface area contributed by atoms with Crippen LogP contribution in [0.15, 0.2) is 18.2 Å². The van der Waals surface area contributed by atoms with Crippen molar-refractivity contribution in [2.75, 3.05) is 7.05 Å². The first kappa shape index (κ1) is 14.3. The molecule has 1 rings (SSSR count). The second-order valence-corrected chi connectivity index (χ2v) is 4.43. The minimum Gasteiger partial charge on any atom is -0.313 e. The summed E-state index contributed by atoms with van der Waals surface area (Å²) in [6.45, 7) is 1.86. The van der Waals surface area contributed by atoms with Gasteiger partial charge in [0.25, 0.3) is 0 Å². The van der Waals surface area contributed by atoms with Crippen molar-refractivity contribution in [3.63, 3.8) is 0 Å². The van der Waals surface area contributed by atoms with Crippen LogP contribution >= 0.6 is 11.6 Å². The molecule has 0 bridgehead atoms. The first-order valence-electron chi connectivity index (χ1n) is 5.33. The molecule has 1 atom stereocenters. The molecule has 1 aromatic rings. The van der Waals surface area contributed by atoms with Crippen LogP contribution in [0.5, 0.6) is 0 Å². The van der Waals surface area contributed by atoms with Crippen LogP contribution in [0.3, 0.4) is 0 Å². The fraction of sp³-hybridized carbons (Fsp3) is 0.500. The molecule has 0 fully saturated rings. The van der Waals surface area contributed by atoms with Crippen LogP contribution in [-0.2, 0) is 0 Å². The highest BCUT2D eigenvalue weighted by Gasteiger charge is 2.28. The van der Waals surface area contributed by atoms with Crippen molar-refractivity contribution in [2.24, 2.45) is 0 Å². The summed E-state index contributed by atoms with van der Waals surface area (Å²) in [5, 5.41) is 3.44. The fourth-order valence-corrected chi connectivity index (χ4v) is 1.93. The van der Waals surface area contributed by atoms with Crippen molar-refractivity contribution in [1.29, 1.82) is 0 Å². The van der Waals surface area contributed by atoms with E-state index in [9.17, 15) is 13.2 Å². The van der Waals surface area contributed by atoms with Crippen LogP contribution in [0.2, 0.25) is 5.02 Å². The highest BCUT2D eigenvalue weighted by Crippen LogP contribution is 2.29. The Kier molecular flexibility index (Phi) is 4.83. The second kappa shape index (κ2) is 5.74. The zero-order valence-corrected chi connectivity index (χ0v) is 10.5. The summed E-state index contributed by atoms with van der Waals surface area (Å²) in [5.41, 5.74) is 1.76. The number of rotatable bonds is 4. The molecule has 0 radical (unpaired) electrons. The summed E-state index contributed by atoms with van der Waals surface area (Å²) in [4.78, 5) is 0. The van der Waals surface area contributed by atoms with Gasteiger partial charge in [0.15, 0.2) is 0 Å². The van der Waals surface area contributed by atoms with Crippen LogP contribution in [0, 0.1) is 6.92 Å². The van der Waals surface area contributed by atoms with Gasteiger partial charge in [-0.15, -0.1) is 0 Å². The maximum atomic E-state index is 12.2. The standard InChI is InChI=1S/C12H15ClF3N/c1-8-3-4-9(13)7-10(8)11(17-2)5-6-12(14,15)16/h3-4,7,11,17H,5-6H2,1-2H3. The largest absolute Gasteiger partial charge is 0.389 e. The smallest absolute Gasteiger partial charge is 0.313 e. The Morgan fingerprint density at radius 2 is 2.00 bits per heavy atom.